The van der Waals surface area contributed by atoms with Gasteiger partial charge < -0.3 is 14.5 Å². The molecule has 6 aromatic carbocycles. The van der Waals surface area contributed by atoms with Gasteiger partial charge in [0, 0.05) is 73.3 Å². The first-order valence-electron chi connectivity index (χ1n) is 20.9. The lowest BCUT2D eigenvalue weighted by Gasteiger charge is -2.39. The maximum atomic E-state index is 4.01. The summed E-state index contributed by atoms with van der Waals surface area (Å²) in [6.07, 6.45) is 0. The Bertz CT molecular complexity index is 2900. The van der Waals surface area contributed by atoms with Crippen LogP contribution in [0.15, 0.2) is 109 Å². The van der Waals surface area contributed by atoms with Crippen molar-refractivity contribution in [2.75, 3.05) is 5.32 Å². The predicted octanol–water partition coefficient (Wildman–Crippen LogP) is 13.7. The van der Waals surface area contributed by atoms with Gasteiger partial charge in [-0.1, -0.05) is 152 Å². The Morgan fingerprint density at radius 1 is 0.483 bits per heavy atom. The molecule has 0 unspecified atom stereocenters. The molecule has 0 radical (unpaired) electrons. The Morgan fingerprint density at radius 3 is 1.26 bits per heavy atom. The van der Waals surface area contributed by atoms with Crippen LogP contribution in [0, 0.1) is 23.7 Å². The van der Waals surface area contributed by atoms with Gasteiger partial charge in [0.2, 0.25) is 0 Å². The smallest absolute Gasteiger partial charge is 0.0650 e. The monoisotopic (exact) mass is 755 g/mol. The number of aromatic nitrogens is 2. The number of nitrogens with one attached hydrogen (secondary N) is 1. The van der Waals surface area contributed by atoms with Gasteiger partial charge in [0.15, 0.2) is 0 Å². The molecule has 0 spiro atoms. The van der Waals surface area contributed by atoms with Gasteiger partial charge in [0.1, 0.15) is 0 Å². The van der Waals surface area contributed by atoms with Gasteiger partial charge in [-0.2, -0.15) is 0 Å². The normalized spacial score (nSPS) is 13.5. The molecule has 0 saturated heterocycles. The van der Waals surface area contributed by atoms with E-state index in [1.165, 1.54) is 65.9 Å². The second-order valence-electron chi connectivity index (χ2n) is 18.6. The zero-order chi connectivity index (χ0) is 40.7. The molecule has 288 valence electrons. The zero-order valence-corrected chi connectivity index (χ0v) is 35.7. The van der Waals surface area contributed by atoms with E-state index in [0.29, 0.717) is 0 Å². The summed E-state index contributed by atoms with van der Waals surface area (Å²) in [6, 6.07) is 40.0. The molecule has 1 aliphatic rings. The van der Waals surface area contributed by atoms with Gasteiger partial charge >= 0.3 is 0 Å². The Morgan fingerprint density at radius 2 is 0.862 bits per heavy atom. The maximum absolute atomic E-state index is 4.01. The summed E-state index contributed by atoms with van der Waals surface area (Å²) in [6.45, 7) is 24.7. The second kappa shape index (κ2) is 13.5. The van der Waals surface area contributed by atoms with Crippen molar-refractivity contribution < 1.29 is 0 Å². The van der Waals surface area contributed by atoms with E-state index in [4.69, 9.17) is 0 Å². The van der Waals surface area contributed by atoms with Crippen LogP contribution in [0.5, 0.6) is 0 Å². The van der Waals surface area contributed by atoms with E-state index in [9.17, 15) is 0 Å². The minimum absolute atomic E-state index is 0.0671. The number of para-hydroxylation sites is 4. The van der Waals surface area contributed by atoms with E-state index in [1.54, 1.807) is 0 Å². The Labute approximate surface area is 344 Å². The minimum Gasteiger partial charge on any atom is -0.353 e. The van der Waals surface area contributed by atoms with Crippen LogP contribution >= 0.6 is 0 Å². The zero-order valence-electron chi connectivity index (χ0n) is 35.7. The highest BCUT2D eigenvalue weighted by Gasteiger charge is 2.37. The molecule has 1 aliphatic heterocycles. The molecule has 0 amide bonds. The summed E-state index contributed by atoms with van der Waals surface area (Å²) in [5.41, 5.74) is 15.8. The summed E-state index contributed by atoms with van der Waals surface area (Å²) in [5, 5.41) is 9.04. The Balaban J connectivity index is 1.26. The van der Waals surface area contributed by atoms with Gasteiger partial charge in [0.25, 0.3) is 0 Å². The van der Waals surface area contributed by atoms with Crippen molar-refractivity contribution in [1.29, 1.82) is 0 Å². The lowest BCUT2D eigenvalue weighted by atomic mass is 9.69. The maximum Gasteiger partial charge on any atom is 0.0650 e. The Kier molecular flexibility index (Phi) is 8.69. The summed E-state index contributed by atoms with van der Waals surface area (Å²) in [5.74, 6) is 14.9. The molecule has 0 fully saturated rings. The van der Waals surface area contributed by atoms with Crippen molar-refractivity contribution in [1.82, 2.24) is 9.13 Å². The summed E-state index contributed by atoms with van der Waals surface area (Å²) in [7, 11) is 0. The number of hydrogen-bond acceptors (Lipinski definition) is 1. The van der Waals surface area contributed by atoms with E-state index in [0.717, 1.165) is 46.7 Å². The first kappa shape index (κ1) is 37.4. The van der Waals surface area contributed by atoms with Crippen molar-refractivity contribution in [3.63, 3.8) is 0 Å². The van der Waals surface area contributed by atoms with Crippen molar-refractivity contribution in [3.05, 3.63) is 154 Å². The highest BCUT2D eigenvalue weighted by Crippen LogP contribution is 2.50. The number of hydrogen-bond donors (Lipinski definition) is 1. The van der Waals surface area contributed by atoms with E-state index in [-0.39, 0.29) is 16.2 Å². The topological polar surface area (TPSA) is 21.9 Å². The van der Waals surface area contributed by atoms with Crippen LogP contribution < -0.4 is 5.32 Å². The molecule has 0 atom stereocenters. The molecule has 0 aliphatic carbocycles. The van der Waals surface area contributed by atoms with Crippen LogP contribution in [-0.2, 0) is 29.3 Å². The molecular formula is C55H53N3. The molecule has 58 heavy (non-hydrogen) atoms. The van der Waals surface area contributed by atoms with Crippen LogP contribution in [0.2, 0.25) is 0 Å². The van der Waals surface area contributed by atoms with Crippen LogP contribution in [0.4, 0.5) is 11.4 Å². The first-order valence-corrected chi connectivity index (χ1v) is 20.9. The molecule has 3 heteroatoms. The molecule has 9 rings (SSSR count). The van der Waals surface area contributed by atoms with Crippen LogP contribution in [-0.4, -0.2) is 9.13 Å². The summed E-state index contributed by atoms with van der Waals surface area (Å²) in [4.78, 5) is 0. The number of benzene rings is 6. The number of rotatable bonds is 2. The molecule has 0 bridgehead atoms. The molecule has 3 nitrogen and oxygen atoms in total. The molecule has 8 aromatic rings. The molecule has 3 heterocycles. The fraction of sp³-hybridized carbons (Fsp3) is 0.273. The van der Waals surface area contributed by atoms with E-state index < -0.39 is 0 Å². The third-order valence-electron chi connectivity index (χ3n) is 12.5. The third-order valence-corrected chi connectivity index (χ3v) is 12.5. The average molecular weight is 756 g/mol. The van der Waals surface area contributed by atoms with Crippen molar-refractivity contribution in [2.24, 2.45) is 0 Å². The van der Waals surface area contributed by atoms with Crippen LogP contribution in [0.25, 0.3) is 43.6 Å². The average Bonchev–Trinajstić information content (AvgIpc) is 3.71. The number of nitrogens with zero attached hydrogens (tertiary/aromatic N) is 2. The Hall–Kier alpha value is -6.16. The van der Waals surface area contributed by atoms with E-state index in [1.807, 2.05) is 0 Å². The minimum atomic E-state index is -0.325. The highest BCUT2D eigenvalue weighted by molar-refractivity contribution is 6.11. The number of fused-ring (bicyclic) bond motifs is 8. The number of anilines is 2. The van der Waals surface area contributed by atoms with E-state index >= 15 is 0 Å². The van der Waals surface area contributed by atoms with Crippen LogP contribution in [0.1, 0.15) is 114 Å². The number of aryl methyl sites for hydroxylation is 2. The third kappa shape index (κ3) is 5.91. The summed E-state index contributed by atoms with van der Waals surface area (Å²) < 4.78 is 4.82. The van der Waals surface area contributed by atoms with Gasteiger partial charge in [-0.3, -0.25) is 0 Å². The molecular weight excluding hydrogens is 703 g/mol. The lowest BCUT2D eigenvalue weighted by molar-refractivity contribution is 0.574. The van der Waals surface area contributed by atoms with Crippen molar-refractivity contribution in [3.8, 4) is 23.7 Å². The fourth-order valence-corrected chi connectivity index (χ4v) is 9.22. The largest absolute Gasteiger partial charge is 0.353 e. The summed E-state index contributed by atoms with van der Waals surface area (Å²) >= 11 is 0. The molecule has 0 saturated carbocycles. The predicted molar refractivity (Wildman–Crippen MR) is 248 cm³/mol. The van der Waals surface area contributed by atoms with Gasteiger partial charge in [-0.25, -0.2) is 0 Å². The molecule has 1 N–H and O–H groups in total. The quantitative estimate of drug-likeness (QED) is 0.174. The van der Waals surface area contributed by atoms with Gasteiger partial charge in [-0.05, 0) is 83.3 Å². The van der Waals surface area contributed by atoms with E-state index in [2.05, 4.69) is 217 Å². The SMILES string of the molecule is CCn1c2ccccc2c2cccc(C#Cc3cc(C(C)(C)C)cc4c3Nc3c(C#Cc5cccc6c7ccccc7n(CC)c56)cc(C(C)(C)C)cc3C4(C)C)c21. The van der Waals surface area contributed by atoms with Gasteiger partial charge in [0.05, 0.1) is 22.4 Å². The first-order chi connectivity index (χ1) is 27.7. The second-order valence-corrected chi connectivity index (χ2v) is 18.6. The standard InChI is InChI=1S/C55H53N3/c1-11-57-47-25-15-13-21-41(47)43-23-17-19-35(51(43)57)27-29-37-31-39(53(3,4)5)33-45-49(37)56-50-38(32-40(54(6,7)8)34-46(50)55(45,9)10)30-28-36-20-18-24-44-42-22-14-16-26-48(42)58(12-2)52(36)44/h13-26,31-34,56H,11-12H2,1-10H3. The van der Waals surface area contributed by atoms with Crippen molar-refractivity contribution >= 4 is 55.0 Å². The van der Waals surface area contributed by atoms with Crippen molar-refractivity contribution in [2.45, 2.75) is 98.6 Å². The lowest BCUT2D eigenvalue weighted by Crippen LogP contribution is -2.29. The van der Waals surface area contributed by atoms with Crippen LogP contribution in [0.3, 0.4) is 0 Å². The fourth-order valence-electron chi connectivity index (χ4n) is 9.22. The highest BCUT2D eigenvalue weighted by atomic mass is 15.0. The van der Waals surface area contributed by atoms with Gasteiger partial charge in [-0.15, -0.1) is 0 Å². The molecule has 2 aromatic heterocycles.